The lowest BCUT2D eigenvalue weighted by Crippen LogP contribution is -2.36. The van der Waals surface area contributed by atoms with Gasteiger partial charge in [0.15, 0.2) is 5.17 Å². The summed E-state index contributed by atoms with van der Waals surface area (Å²) in [6.45, 7) is 2.51. The Labute approximate surface area is 206 Å². The molecule has 1 amide bonds. The number of carbonyl (C=O) groups is 1. The smallest absolute Gasteiger partial charge is 0.310 e. The average molecular weight is 489 g/mol. The number of hydrogen-bond acceptors (Lipinski definition) is 6. The van der Waals surface area contributed by atoms with Crippen LogP contribution in [-0.2, 0) is 22.6 Å². The van der Waals surface area contributed by atoms with Crippen molar-refractivity contribution in [3.05, 3.63) is 89.1 Å². The van der Waals surface area contributed by atoms with E-state index in [9.17, 15) is 14.6 Å². The first kappa shape index (κ1) is 23.9. The molecule has 0 bridgehead atoms. The first-order chi connectivity index (χ1) is 16.4. The van der Waals surface area contributed by atoms with Gasteiger partial charge in [0.05, 0.1) is 23.0 Å². The number of nitrogens with zero attached hydrogens (tertiary/aromatic N) is 3. The molecule has 0 saturated heterocycles. The van der Waals surface area contributed by atoms with Crippen LogP contribution in [-0.4, -0.2) is 34.2 Å². The van der Waals surface area contributed by atoms with Crippen molar-refractivity contribution in [2.45, 2.75) is 13.3 Å². The van der Waals surface area contributed by atoms with E-state index in [0.29, 0.717) is 28.7 Å². The Balaban J connectivity index is 1.64. The van der Waals surface area contributed by atoms with E-state index in [1.807, 2.05) is 31.2 Å². The van der Waals surface area contributed by atoms with Crippen molar-refractivity contribution in [1.82, 2.24) is 4.72 Å². The van der Waals surface area contributed by atoms with Gasteiger partial charge >= 0.3 is 5.91 Å². The van der Waals surface area contributed by atoms with Gasteiger partial charge in [-0.3, -0.25) is 4.79 Å². The second-order valence-corrected chi connectivity index (χ2v) is 9.99. The Morgan fingerprint density at radius 1 is 1.18 bits per heavy atom. The standard InChI is InChI=1S/C26H24N4O2S2/c1-18-17-33-26(28-24(18)25(31)29-34(2)32)30(23-11-8-20(16-27)9-12-23)14-13-19-7-10-21-5-3-4-6-22(21)15-19/h3-12,15H,13-14,17H2,1-2H3,(H,29,31). The van der Waals surface area contributed by atoms with Crippen LogP contribution in [0.3, 0.4) is 0 Å². The highest BCUT2D eigenvalue weighted by molar-refractivity contribution is 8.14. The molecule has 1 aliphatic heterocycles. The topological polar surface area (TPSA) is 91.5 Å². The van der Waals surface area contributed by atoms with Gasteiger partial charge in [-0.25, -0.2) is 4.99 Å². The van der Waals surface area contributed by atoms with E-state index in [1.54, 1.807) is 23.9 Å². The minimum Gasteiger partial charge on any atom is -0.593 e. The number of amides is 1. The summed E-state index contributed by atoms with van der Waals surface area (Å²) in [5, 5.41) is 12.3. The summed E-state index contributed by atoms with van der Waals surface area (Å²) in [6.07, 6.45) is 2.19. The zero-order valence-corrected chi connectivity index (χ0v) is 20.6. The number of thioether (sulfide) groups is 1. The van der Waals surface area contributed by atoms with Gasteiger partial charge in [-0.2, -0.15) is 9.98 Å². The molecule has 0 radical (unpaired) electrons. The molecule has 0 aliphatic carbocycles. The van der Waals surface area contributed by atoms with Gasteiger partial charge < -0.3 is 9.45 Å². The Morgan fingerprint density at radius 2 is 1.91 bits per heavy atom. The number of nitrogens with one attached hydrogen (secondary N) is 1. The van der Waals surface area contributed by atoms with E-state index >= 15 is 0 Å². The number of benzene rings is 3. The maximum Gasteiger partial charge on any atom is 0.310 e. The molecule has 0 fully saturated rings. The van der Waals surface area contributed by atoms with Crippen molar-refractivity contribution < 1.29 is 9.35 Å². The number of nitriles is 1. The molecule has 1 heterocycles. The SMILES string of the molecule is CC1=C(C(=O)N[S+](C)[O-])N=C(N(CCc2ccc3ccccc3c2)c2ccc(C#N)cc2)SC1. The van der Waals surface area contributed by atoms with Crippen LogP contribution in [0.5, 0.6) is 0 Å². The molecular formula is C26H24N4O2S2. The van der Waals surface area contributed by atoms with E-state index < -0.39 is 17.3 Å². The summed E-state index contributed by atoms with van der Waals surface area (Å²) in [5.41, 5.74) is 3.81. The van der Waals surface area contributed by atoms with E-state index in [2.05, 4.69) is 51.0 Å². The molecule has 34 heavy (non-hydrogen) atoms. The van der Waals surface area contributed by atoms with Crippen molar-refractivity contribution in [2.24, 2.45) is 4.99 Å². The second-order valence-electron chi connectivity index (χ2n) is 7.94. The number of fused-ring (bicyclic) bond motifs is 1. The predicted molar refractivity (Wildman–Crippen MR) is 141 cm³/mol. The minimum atomic E-state index is -1.47. The summed E-state index contributed by atoms with van der Waals surface area (Å²) in [5.74, 6) is 0.172. The van der Waals surface area contributed by atoms with Crippen LogP contribution in [0.15, 0.2) is 83.0 Å². The van der Waals surface area contributed by atoms with Crippen molar-refractivity contribution in [2.75, 3.05) is 23.5 Å². The van der Waals surface area contributed by atoms with E-state index in [1.165, 1.54) is 22.6 Å². The molecule has 0 spiro atoms. The Hall–Kier alpha value is -3.25. The largest absolute Gasteiger partial charge is 0.593 e. The molecule has 4 rings (SSSR count). The van der Waals surface area contributed by atoms with Crippen molar-refractivity contribution >= 4 is 50.7 Å². The lowest BCUT2D eigenvalue weighted by Gasteiger charge is -2.28. The van der Waals surface area contributed by atoms with Crippen molar-refractivity contribution in [3.8, 4) is 6.07 Å². The van der Waals surface area contributed by atoms with Crippen LogP contribution in [0.1, 0.15) is 18.1 Å². The molecular weight excluding hydrogens is 464 g/mol. The van der Waals surface area contributed by atoms with Crippen LogP contribution >= 0.6 is 11.8 Å². The monoisotopic (exact) mass is 488 g/mol. The molecule has 1 aliphatic rings. The van der Waals surface area contributed by atoms with Gasteiger partial charge in [0, 0.05) is 18.0 Å². The van der Waals surface area contributed by atoms with Crippen LogP contribution in [0.4, 0.5) is 5.69 Å². The lowest BCUT2D eigenvalue weighted by atomic mass is 10.0. The van der Waals surface area contributed by atoms with Gasteiger partial charge in [0.25, 0.3) is 0 Å². The van der Waals surface area contributed by atoms with Gasteiger partial charge in [0.1, 0.15) is 12.0 Å². The summed E-state index contributed by atoms with van der Waals surface area (Å²) >= 11 is 0.0911. The van der Waals surface area contributed by atoms with Crippen LogP contribution in [0, 0.1) is 11.3 Å². The molecule has 3 aromatic carbocycles. The highest BCUT2D eigenvalue weighted by Crippen LogP contribution is 2.28. The van der Waals surface area contributed by atoms with Gasteiger partial charge in [-0.05, 0) is 59.5 Å². The summed E-state index contributed by atoms with van der Waals surface area (Å²) in [6, 6.07) is 24.2. The molecule has 0 saturated carbocycles. The Kier molecular flexibility index (Phi) is 7.58. The Morgan fingerprint density at radius 3 is 2.62 bits per heavy atom. The zero-order chi connectivity index (χ0) is 24.1. The fourth-order valence-corrected chi connectivity index (χ4v) is 5.06. The van der Waals surface area contributed by atoms with Crippen LogP contribution < -0.4 is 9.62 Å². The van der Waals surface area contributed by atoms with Crippen molar-refractivity contribution in [1.29, 1.82) is 5.26 Å². The highest BCUT2D eigenvalue weighted by Gasteiger charge is 2.25. The van der Waals surface area contributed by atoms with E-state index in [0.717, 1.165) is 17.7 Å². The van der Waals surface area contributed by atoms with E-state index in [4.69, 9.17) is 0 Å². The first-order valence-corrected chi connectivity index (χ1v) is 13.3. The maximum atomic E-state index is 12.6. The fraction of sp³-hybridized carbons (Fsp3) is 0.192. The minimum absolute atomic E-state index is 0.299. The first-order valence-electron chi connectivity index (χ1n) is 10.8. The lowest BCUT2D eigenvalue weighted by molar-refractivity contribution is -0.115. The average Bonchev–Trinajstić information content (AvgIpc) is 2.84. The van der Waals surface area contributed by atoms with Crippen molar-refractivity contribution in [3.63, 3.8) is 0 Å². The second kappa shape index (κ2) is 10.8. The molecule has 8 heteroatoms. The number of anilines is 1. The molecule has 1 N–H and O–H groups in total. The number of amidine groups is 1. The third kappa shape index (κ3) is 5.62. The van der Waals surface area contributed by atoms with Gasteiger partial charge in [-0.1, -0.05) is 54.2 Å². The Bertz CT molecular complexity index is 1310. The number of rotatable bonds is 6. The number of hydrogen-bond donors (Lipinski definition) is 1. The molecule has 172 valence electrons. The third-order valence-corrected chi connectivity index (χ3v) is 7.08. The number of carbonyl (C=O) groups excluding carboxylic acids is 1. The molecule has 3 aromatic rings. The van der Waals surface area contributed by atoms with Gasteiger partial charge in [0.2, 0.25) is 0 Å². The van der Waals surface area contributed by atoms with Gasteiger partial charge in [-0.15, -0.1) is 0 Å². The highest BCUT2D eigenvalue weighted by atomic mass is 32.2. The molecule has 6 nitrogen and oxygen atoms in total. The maximum absolute atomic E-state index is 12.6. The summed E-state index contributed by atoms with van der Waals surface area (Å²) < 4.78 is 14.0. The third-order valence-electron chi connectivity index (χ3n) is 5.46. The molecule has 1 atom stereocenters. The zero-order valence-electron chi connectivity index (χ0n) is 18.9. The van der Waals surface area contributed by atoms with Crippen LogP contribution in [0.25, 0.3) is 10.8 Å². The molecule has 1 unspecified atom stereocenters. The normalized spacial score (nSPS) is 14.4. The summed E-state index contributed by atoms with van der Waals surface area (Å²) in [4.78, 5) is 19.3. The quantitative estimate of drug-likeness (QED) is 0.514. The number of aliphatic imine (C=N–C) groups is 1. The summed E-state index contributed by atoms with van der Waals surface area (Å²) in [7, 11) is 0. The predicted octanol–water partition coefficient (Wildman–Crippen LogP) is 4.55. The molecule has 0 aromatic heterocycles. The van der Waals surface area contributed by atoms with Crippen LogP contribution in [0.2, 0.25) is 0 Å². The fourth-order valence-electron chi connectivity index (χ4n) is 3.71. The van der Waals surface area contributed by atoms with E-state index in [-0.39, 0.29) is 0 Å².